The number of aromatic nitrogens is 4. The van der Waals surface area contributed by atoms with Gasteiger partial charge >= 0.3 is 0 Å². The van der Waals surface area contributed by atoms with Gasteiger partial charge in [-0.05, 0) is 68.8 Å². The Balaban J connectivity index is 0.000000166. The first-order valence-electron chi connectivity index (χ1n) is 25.9. The van der Waals surface area contributed by atoms with Gasteiger partial charge in [-0.15, -0.1) is 18.5 Å². The number of halogens is 2. The SMILES string of the molecule is C.CCc1nc(/C=C2/C(=O)Nc3ccccc32)cn1C(c1ccccc1)(c1ccc(P)cc1)c1ccccc1Cl.CCc1nc(C=O)cn1C(c1ccccc1)(c1ccc(P)cc1)c1ccccc1Cl.O=C1Cc2ccccc2N1. The number of benzene rings is 8. The van der Waals surface area contributed by atoms with E-state index in [2.05, 4.69) is 141 Å². The van der Waals surface area contributed by atoms with Crippen molar-refractivity contribution in [2.24, 2.45) is 0 Å². The molecule has 4 unspecified atom stereocenters. The minimum atomic E-state index is -0.803. The van der Waals surface area contributed by atoms with Crippen molar-refractivity contribution < 1.29 is 14.4 Å². The standard InChI is InChI=1S/C33H27ClN3OP.C25H22ClN2OP.C8H7NO.CH4/c1-2-31-35-24(20-27-26-12-6-9-15-30(26)36-32(27)38)21-37(31)33(22-10-4-3-5-11-22,23-16-18-25(39)19-17-23)28-13-7-8-14-29(28)34;1-2-24-27-20(17-29)16-28(24)25(18-8-4-3-5-9-18,19-12-14-21(30)15-13-19)22-10-6-7-11-23(22)26;10-8-5-6-3-1-2-4-7(6)9-8;/h3-21H,2,39H2,1H3,(H,36,38);3-17H,2,30H2,1H3;1-4H,5H2,(H,9,10);1H4/b27-20+;;;. The molecule has 0 bridgehead atoms. The van der Waals surface area contributed by atoms with Crippen LogP contribution in [0.1, 0.15) is 93.6 Å². The number of anilines is 2. The van der Waals surface area contributed by atoms with Crippen molar-refractivity contribution in [1.29, 1.82) is 0 Å². The lowest BCUT2D eigenvalue weighted by atomic mass is 9.76. The van der Waals surface area contributed by atoms with Gasteiger partial charge in [0.1, 0.15) is 28.4 Å². The van der Waals surface area contributed by atoms with Crippen LogP contribution in [-0.2, 0) is 39.9 Å². The topological polar surface area (TPSA) is 111 Å². The summed E-state index contributed by atoms with van der Waals surface area (Å²) in [6.45, 7) is 4.14. The number of rotatable bonds is 12. The lowest BCUT2D eigenvalue weighted by molar-refractivity contribution is -0.115. The molecule has 8 aromatic carbocycles. The van der Waals surface area contributed by atoms with Crippen molar-refractivity contribution >= 4 is 93.4 Å². The summed E-state index contributed by atoms with van der Waals surface area (Å²) < 4.78 is 4.33. The summed E-state index contributed by atoms with van der Waals surface area (Å²) in [6.07, 6.45) is 8.45. The Labute approximate surface area is 482 Å². The molecule has 0 saturated heterocycles. The van der Waals surface area contributed by atoms with Gasteiger partial charge in [0.25, 0.3) is 5.91 Å². The predicted octanol–water partition coefficient (Wildman–Crippen LogP) is 14.0. The first-order valence-corrected chi connectivity index (χ1v) is 27.9. The van der Waals surface area contributed by atoms with Gasteiger partial charge in [0.05, 0.1) is 17.7 Å². The number of fused-ring (bicyclic) bond motifs is 2. The molecule has 2 aromatic heterocycles. The number of para-hydroxylation sites is 2. The van der Waals surface area contributed by atoms with Crippen LogP contribution in [0, 0.1) is 0 Å². The third-order valence-corrected chi connectivity index (χ3v) is 15.7. The van der Waals surface area contributed by atoms with Gasteiger partial charge in [0.2, 0.25) is 5.91 Å². The number of nitrogens with zero attached hydrogens (tertiary/aromatic N) is 4. The maximum Gasteiger partial charge on any atom is 0.256 e. The van der Waals surface area contributed by atoms with Crippen LogP contribution in [0.25, 0.3) is 11.6 Å². The summed E-state index contributed by atoms with van der Waals surface area (Å²) in [4.78, 5) is 45.0. The molecule has 2 N–H and O–H groups in total. The molecule has 4 atom stereocenters. The Hall–Kier alpha value is -8.03. The number of aldehydes is 1. The molecule has 0 aliphatic carbocycles. The molecule has 13 heteroatoms. The number of amides is 2. The van der Waals surface area contributed by atoms with E-state index < -0.39 is 11.1 Å². The summed E-state index contributed by atoms with van der Waals surface area (Å²) >= 11 is 13.8. The molecule has 2 aliphatic rings. The van der Waals surface area contributed by atoms with E-state index in [0.29, 0.717) is 46.3 Å². The summed E-state index contributed by atoms with van der Waals surface area (Å²) in [7, 11) is 5.49. The molecule has 12 rings (SSSR count). The maximum absolute atomic E-state index is 12.9. The van der Waals surface area contributed by atoms with Gasteiger partial charge in [0, 0.05) is 63.3 Å². The third-order valence-electron chi connectivity index (χ3n) is 14.3. The molecular weight excluding hydrogens is 1070 g/mol. The highest BCUT2D eigenvalue weighted by molar-refractivity contribution is 7.27. The van der Waals surface area contributed by atoms with Crippen LogP contribution < -0.4 is 21.2 Å². The second-order valence-electron chi connectivity index (χ2n) is 19.0. The van der Waals surface area contributed by atoms with Crippen molar-refractivity contribution in [3.63, 3.8) is 0 Å². The fraction of sp³-hybridized carbons (Fsp3) is 0.119. The minimum absolute atomic E-state index is 0. The summed E-state index contributed by atoms with van der Waals surface area (Å²) in [5, 5.41) is 9.22. The van der Waals surface area contributed by atoms with E-state index in [-0.39, 0.29) is 19.2 Å². The van der Waals surface area contributed by atoms with Gasteiger partial charge < -0.3 is 19.8 Å². The summed E-state index contributed by atoms with van der Waals surface area (Å²) in [5.74, 6) is 1.67. The lowest BCUT2D eigenvalue weighted by Crippen LogP contribution is -2.39. The van der Waals surface area contributed by atoms with Crippen LogP contribution in [0.15, 0.2) is 219 Å². The maximum atomic E-state index is 12.9. The summed E-state index contributed by atoms with van der Waals surface area (Å²) in [5.41, 5.74) is 9.98. The second-order valence-corrected chi connectivity index (χ2v) is 21.2. The van der Waals surface area contributed by atoms with E-state index >= 15 is 0 Å². The van der Waals surface area contributed by atoms with E-state index in [0.717, 1.165) is 84.4 Å². The smallest absolute Gasteiger partial charge is 0.256 e. The first kappa shape index (κ1) is 56.7. The van der Waals surface area contributed by atoms with Crippen molar-refractivity contribution in [1.82, 2.24) is 19.1 Å². The second kappa shape index (κ2) is 25.0. The van der Waals surface area contributed by atoms with Gasteiger partial charge in [-0.25, -0.2) is 9.97 Å². The van der Waals surface area contributed by atoms with Crippen LogP contribution in [0.4, 0.5) is 11.4 Å². The van der Waals surface area contributed by atoms with Crippen LogP contribution in [0.5, 0.6) is 0 Å². The predicted molar refractivity (Wildman–Crippen MR) is 335 cm³/mol. The molecule has 2 amide bonds. The number of aryl methyl sites for hydroxylation is 2. The molecule has 4 heterocycles. The lowest BCUT2D eigenvalue weighted by Gasteiger charge is -2.39. The molecule has 0 saturated carbocycles. The average molecular weight is 1130 g/mol. The number of imidazole rings is 2. The van der Waals surface area contributed by atoms with Gasteiger partial charge in [-0.3, -0.25) is 14.4 Å². The van der Waals surface area contributed by atoms with E-state index in [1.807, 2.05) is 141 Å². The number of carbonyl (C=O) groups excluding carboxylic acids is 3. The molecule has 400 valence electrons. The van der Waals surface area contributed by atoms with E-state index in [1.54, 1.807) is 0 Å². The van der Waals surface area contributed by atoms with Gasteiger partial charge in [-0.1, -0.05) is 226 Å². The highest BCUT2D eigenvalue weighted by atomic mass is 35.5. The highest BCUT2D eigenvalue weighted by Crippen LogP contribution is 2.47. The molecule has 9 nitrogen and oxygen atoms in total. The Morgan fingerprint density at radius 2 is 0.950 bits per heavy atom. The molecule has 2 aliphatic heterocycles. The average Bonchev–Trinajstić information content (AvgIpc) is 4.38. The fourth-order valence-electron chi connectivity index (χ4n) is 10.8. The Morgan fingerprint density at radius 3 is 1.44 bits per heavy atom. The molecule has 10 aromatic rings. The third kappa shape index (κ3) is 11.0. The number of hydrogen-bond donors (Lipinski definition) is 2. The van der Waals surface area contributed by atoms with Crippen molar-refractivity contribution in [3.8, 4) is 0 Å². The number of carbonyl (C=O) groups is 3. The fourth-order valence-corrected chi connectivity index (χ4v) is 11.7. The van der Waals surface area contributed by atoms with E-state index in [4.69, 9.17) is 28.2 Å². The minimum Gasteiger partial charge on any atom is -0.326 e. The molecule has 0 spiro atoms. The molecule has 0 radical (unpaired) electrons. The number of nitrogens with one attached hydrogen (secondary N) is 2. The van der Waals surface area contributed by atoms with Crippen molar-refractivity contribution in [3.05, 3.63) is 296 Å². The quantitative estimate of drug-likeness (QED) is 0.0548. The van der Waals surface area contributed by atoms with Gasteiger partial charge in [0.15, 0.2) is 6.29 Å². The Bertz CT molecular complexity index is 3840. The Morgan fingerprint density at radius 1 is 0.525 bits per heavy atom. The van der Waals surface area contributed by atoms with Crippen LogP contribution in [0.2, 0.25) is 10.0 Å². The summed E-state index contributed by atoms with van der Waals surface area (Å²) in [6, 6.07) is 68.8. The first-order chi connectivity index (χ1) is 38.5. The zero-order valence-corrected chi connectivity index (χ0v) is 47.3. The van der Waals surface area contributed by atoms with Gasteiger partial charge in [-0.2, -0.15) is 0 Å². The zero-order valence-electron chi connectivity index (χ0n) is 43.5. The molecule has 80 heavy (non-hydrogen) atoms. The van der Waals surface area contributed by atoms with E-state index in [1.165, 1.54) is 0 Å². The van der Waals surface area contributed by atoms with Crippen LogP contribution in [-0.4, -0.2) is 37.2 Å². The Kier molecular flexibility index (Phi) is 17.7. The largest absolute Gasteiger partial charge is 0.326 e. The van der Waals surface area contributed by atoms with Crippen LogP contribution >= 0.6 is 41.7 Å². The van der Waals surface area contributed by atoms with Crippen molar-refractivity contribution in [2.75, 3.05) is 10.6 Å². The van der Waals surface area contributed by atoms with Crippen molar-refractivity contribution in [2.45, 2.75) is 51.6 Å². The van der Waals surface area contributed by atoms with E-state index in [9.17, 15) is 14.4 Å². The normalized spacial score (nSPS) is 14.1. The van der Waals surface area contributed by atoms with Crippen LogP contribution in [0.3, 0.4) is 0 Å². The molecular formula is C67H60Cl2N6O3P2. The number of hydrogen-bond acceptors (Lipinski definition) is 5. The molecule has 0 fully saturated rings. The monoisotopic (exact) mass is 1130 g/mol. The zero-order chi connectivity index (χ0) is 55.1. The highest BCUT2D eigenvalue weighted by Gasteiger charge is 2.43.